The van der Waals surface area contributed by atoms with Crippen molar-refractivity contribution in [3.8, 4) is 0 Å². The lowest BCUT2D eigenvalue weighted by Crippen LogP contribution is -2.43. The zero-order valence-electron chi connectivity index (χ0n) is 17.1. The quantitative estimate of drug-likeness (QED) is 0.581. The molecule has 1 N–H and O–H groups in total. The maximum absolute atomic E-state index is 12.6. The van der Waals surface area contributed by atoms with Gasteiger partial charge in [0.2, 0.25) is 11.8 Å². The van der Waals surface area contributed by atoms with Gasteiger partial charge in [0.25, 0.3) is 0 Å². The molecule has 6 heteroatoms. The topological polar surface area (TPSA) is 58.6 Å². The van der Waals surface area contributed by atoms with Gasteiger partial charge in [-0.25, -0.2) is 0 Å². The molecule has 1 heterocycles. The van der Waals surface area contributed by atoms with Gasteiger partial charge in [-0.3, -0.25) is 9.59 Å². The van der Waals surface area contributed by atoms with E-state index < -0.39 is 0 Å². The number of amides is 2. The number of anilines is 1. The first-order valence-corrected chi connectivity index (χ1v) is 11.2. The van der Waals surface area contributed by atoms with E-state index in [2.05, 4.69) is 5.32 Å². The van der Waals surface area contributed by atoms with E-state index in [1.54, 1.807) is 4.90 Å². The summed E-state index contributed by atoms with van der Waals surface area (Å²) in [6.07, 6.45) is 0. The number of carbonyl (C=O) groups excluding carboxylic acids is 2. The van der Waals surface area contributed by atoms with E-state index in [0.717, 1.165) is 27.3 Å². The minimum Gasteiger partial charge on any atom is -0.372 e. The minimum atomic E-state index is -0.185. The Labute approximate surface area is 186 Å². The molecule has 4 rings (SSSR count). The number of benzene rings is 3. The van der Waals surface area contributed by atoms with Crippen LogP contribution in [0.25, 0.3) is 0 Å². The Balaban J connectivity index is 1.33. The van der Waals surface area contributed by atoms with Gasteiger partial charge in [-0.05, 0) is 28.8 Å². The third-order valence-corrected chi connectivity index (χ3v) is 6.12. The number of nitrogens with zero attached hydrogens (tertiary/aromatic N) is 1. The number of hydrogen-bond acceptors (Lipinski definition) is 4. The Hall–Kier alpha value is -3.09. The van der Waals surface area contributed by atoms with Crippen LogP contribution in [0.15, 0.2) is 83.8 Å². The Morgan fingerprint density at radius 1 is 0.903 bits per heavy atom. The summed E-state index contributed by atoms with van der Waals surface area (Å²) in [6.45, 7) is 1.41. The highest BCUT2D eigenvalue weighted by Gasteiger charge is 2.26. The summed E-state index contributed by atoms with van der Waals surface area (Å²) in [6, 6.07) is 25.6. The lowest BCUT2D eigenvalue weighted by molar-refractivity contribution is -0.123. The fraction of sp³-hybridized carbons (Fsp3) is 0.200. The summed E-state index contributed by atoms with van der Waals surface area (Å²) in [5, 5.41) is 2.95. The SMILES string of the molecule is O=C(CN1C(=O)CSc2ccccc21)NCc1ccccc1COCc1ccccc1. The number of rotatable bonds is 8. The molecule has 3 aromatic rings. The Morgan fingerprint density at radius 2 is 1.61 bits per heavy atom. The van der Waals surface area contributed by atoms with Gasteiger partial charge in [-0.15, -0.1) is 11.8 Å². The smallest absolute Gasteiger partial charge is 0.240 e. The second-order valence-corrected chi connectivity index (χ2v) is 8.28. The third-order valence-electron chi connectivity index (χ3n) is 5.07. The molecule has 0 unspecified atom stereocenters. The van der Waals surface area contributed by atoms with E-state index in [-0.39, 0.29) is 18.4 Å². The normalized spacial score (nSPS) is 13.0. The van der Waals surface area contributed by atoms with Crippen molar-refractivity contribution in [2.45, 2.75) is 24.7 Å². The van der Waals surface area contributed by atoms with Gasteiger partial charge in [0.1, 0.15) is 6.54 Å². The van der Waals surface area contributed by atoms with Crippen LogP contribution in [0.3, 0.4) is 0 Å². The van der Waals surface area contributed by atoms with Crippen LogP contribution in [0.1, 0.15) is 16.7 Å². The van der Waals surface area contributed by atoms with Crippen LogP contribution >= 0.6 is 11.8 Å². The summed E-state index contributed by atoms with van der Waals surface area (Å²) in [4.78, 5) is 27.6. The van der Waals surface area contributed by atoms with E-state index in [9.17, 15) is 9.59 Å². The van der Waals surface area contributed by atoms with Crippen molar-refractivity contribution in [3.05, 3.63) is 95.6 Å². The van der Waals surface area contributed by atoms with Gasteiger partial charge < -0.3 is 15.0 Å². The minimum absolute atomic E-state index is 0.0169. The molecule has 5 nitrogen and oxygen atoms in total. The van der Waals surface area contributed by atoms with E-state index in [1.165, 1.54) is 11.8 Å². The van der Waals surface area contributed by atoms with Crippen molar-refractivity contribution in [2.24, 2.45) is 0 Å². The molecule has 0 atom stereocenters. The van der Waals surface area contributed by atoms with Gasteiger partial charge in [-0.2, -0.15) is 0 Å². The van der Waals surface area contributed by atoms with Crippen molar-refractivity contribution in [1.29, 1.82) is 0 Å². The third kappa shape index (κ3) is 5.54. The highest BCUT2D eigenvalue weighted by atomic mass is 32.2. The van der Waals surface area contributed by atoms with Gasteiger partial charge in [0, 0.05) is 11.4 Å². The molecule has 2 amide bonds. The molecule has 0 bridgehead atoms. The second-order valence-electron chi connectivity index (χ2n) is 7.26. The first-order valence-electron chi connectivity index (χ1n) is 10.2. The predicted molar refractivity (Wildman–Crippen MR) is 123 cm³/mol. The number of fused-ring (bicyclic) bond motifs is 1. The molecular formula is C25H24N2O3S. The second kappa shape index (κ2) is 10.3. The van der Waals surface area contributed by atoms with Crippen molar-refractivity contribution in [3.63, 3.8) is 0 Å². The number of hydrogen-bond donors (Lipinski definition) is 1. The highest BCUT2D eigenvalue weighted by Crippen LogP contribution is 2.34. The molecule has 0 spiro atoms. The van der Waals surface area contributed by atoms with Gasteiger partial charge in [-0.1, -0.05) is 66.7 Å². The van der Waals surface area contributed by atoms with Gasteiger partial charge >= 0.3 is 0 Å². The van der Waals surface area contributed by atoms with Crippen molar-refractivity contribution in [1.82, 2.24) is 5.32 Å². The van der Waals surface area contributed by atoms with Gasteiger partial charge in [0.15, 0.2) is 0 Å². The van der Waals surface area contributed by atoms with E-state index in [1.807, 2.05) is 78.9 Å². The van der Waals surface area contributed by atoms with Crippen LogP contribution in [0.2, 0.25) is 0 Å². The average Bonchev–Trinajstić information content (AvgIpc) is 2.81. The molecule has 1 aliphatic heterocycles. The van der Waals surface area contributed by atoms with Crippen LogP contribution in [-0.2, 0) is 34.1 Å². The number of ether oxygens (including phenoxy) is 1. The van der Waals surface area contributed by atoms with E-state index >= 15 is 0 Å². The molecule has 0 saturated heterocycles. The van der Waals surface area contributed by atoms with Crippen molar-refractivity contribution < 1.29 is 14.3 Å². The van der Waals surface area contributed by atoms with Crippen LogP contribution in [0, 0.1) is 0 Å². The van der Waals surface area contributed by atoms with Crippen molar-refractivity contribution >= 4 is 29.3 Å². The molecule has 1 aliphatic rings. The van der Waals surface area contributed by atoms with Crippen molar-refractivity contribution in [2.75, 3.05) is 17.2 Å². The largest absolute Gasteiger partial charge is 0.372 e. The fourth-order valence-electron chi connectivity index (χ4n) is 3.44. The predicted octanol–water partition coefficient (Wildman–Crippen LogP) is 4.16. The summed E-state index contributed by atoms with van der Waals surface area (Å²) < 4.78 is 5.86. The van der Waals surface area contributed by atoms with E-state index in [4.69, 9.17) is 4.74 Å². The molecule has 3 aromatic carbocycles. The molecule has 0 aromatic heterocycles. The number of nitrogens with one attached hydrogen (secondary N) is 1. The van der Waals surface area contributed by atoms with Gasteiger partial charge in [0.05, 0.1) is 24.7 Å². The molecule has 0 radical (unpaired) electrons. The fourth-order valence-corrected chi connectivity index (χ4v) is 4.38. The molecular weight excluding hydrogens is 408 g/mol. The first kappa shape index (κ1) is 21.2. The summed E-state index contributed by atoms with van der Waals surface area (Å²) in [5.41, 5.74) is 3.96. The maximum Gasteiger partial charge on any atom is 0.240 e. The zero-order chi connectivity index (χ0) is 21.5. The van der Waals surface area contributed by atoms with Crippen LogP contribution < -0.4 is 10.2 Å². The number of thioether (sulfide) groups is 1. The Morgan fingerprint density at radius 3 is 2.45 bits per heavy atom. The van der Waals surface area contributed by atoms with Crippen LogP contribution in [0.5, 0.6) is 0 Å². The summed E-state index contributed by atoms with van der Waals surface area (Å²) >= 11 is 1.51. The number of para-hydroxylation sites is 1. The lowest BCUT2D eigenvalue weighted by atomic mass is 10.1. The summed E-state index contributed by atoms with van der Waals surface area (Å²) in [7, 11) is 0. The molecule has 158 valence electrons. The first-order chi connectivity index (χ1) is 15.2. The number of carbonyl (C=O) groups is 2. The molecule has 0 fully saturated rings. The van der Waals surface area contributed by atoms with Crippen LogP contribution in [-0.4, -0.2) is 24.1 Å². The summed E-state index contributed by atoms with van der Waals surface area (Å²) in [5.74, 6) is 0.120. The maximum atomic E-state index is 12.6. The standard InChI is InChI=1S/C25H24N2O3S/c28-24(15-27-22-12-6-7-13-23(22)31-18-25(27)29)26-14-20-10-4-5-11-21(20)17-30-16-19-8-2-1-3-9-19/h1-13H,14-18H2,(H,26,28). The molecule has 0 saturated carbocycles. The molecule has 31 heavy (non-hydrogen) atoms. The van der Waals surface area contributed by atoms with Crippen LogP contribution in [0.4, 0.5) is 5.69 Å². The highest BCUT2D eigenvalue weighted by molar-refractivity contribution is 8.00. The molecule has 0 aliphatic carbocycles. The Kier molecular flexibility index (Phi) is 7.02. The lowest BCUT2D eigenvalue weighted by Gasteiger charge is -2.28. The zero-order valence-corrected chi connectivity index (χ0v) is 17.9. The monoisotopic (exact) mass is 432 g/mol. The Bertz CT molecular complexity index is 1060. The average molecular weight is 433 g/mol. The van der Waals surface area contributed by atoms with E-state index in [0.29, 0.717) is 25.5 Å².